The van der Waals surface area contributed by atoms with Crippen LogP contribution in [0.2, 0.25) is 0 Å². The van der Waals surface area contributed by atoms with Gasteiger partial charge in [-0.1, -0.05) is 25.1 Å². The van der Waals surface area contributed by atoms with E-state index in [4.69, 9.17) is 5.73 Å². The standard InChI is InChI=1S/C14H21N3O.ClH/c1-11-9-17(8-7-13(11)15)10-14(18)16-12-5-3-2-4-6-12;/h2-6,11,13H,7-10,15H2,1H3,(H,16,18);1H. The lowest BCUT2D eigenvalue weighted by atomic mass is 9.95. The van der Waals surface area contributed by atoms with E-state index in [9.17, 15) is 4.79 Å². The van der Waals surface area contributed by atoms with E-state index in [2.05, 4.69) is 17.1 Å². The SMILES string of the molecule is CC1CN(CC(=O)Nc2ccccc2)CCC1N.Cl. The predicted molar refractivity (Wildman–Crippen MR) is 80.5 cm³/mol. The summed E-state index contributed by atoms with van der Waals surface area (Å²) in [6, 6.07) is 9.83. The smallest absolute Gasteiger partial charge is 0.238 e. The zero-order valence-corrected chi connectivity index (χ0v) is 12.0. The van der Waals surface area contributed by atoms with Crippen molar-refractivity contribution in [3.8, 4) is 0 Å². The van der Waals surface area contributed by atoms with Gasteiger partial charge < -0.3 is 11.1 Å². The van der Waals surface area contributed by atoms with Gasteiger partial charge in [-0.25, -0.2) is 0 Å². The number of anilines is 1. The molecule has 1 aliphatic heterocycles. The first-order valence-electron chi connectivity index (χ1n) is 6.48. The number of nitrogens with zero attached hydrogens (tertiary/aromatic N) is 1. The van der Waals surface area contributed by atoms with Crippen LogP contribution in [0.3, 0.4) is 0 Å². The predicted octanol–water partition coefficient (Wildman–Crippen LogP) is 1.72. The first-order valence-corrected chi connectivity index (χ1v) is 6.48. The molecule has 0 bridgehead atoms. The molecule has 1 amide bonds. The summed E-state index contributed by atoms with van der Waals surface area (Å²) < 4.78 is 0. The molecule has 1 aromatic carbocycles. The normalized spacial score (nSPS) is 23.5. The van der Waals surface area contributed by atoms with E-state index in [0.29, 0.717) is 12.5 Å². The monoisotopic (exact) mass is 283 g/mol. The van der Waals surface area contributed by atoms with E-state index < -0.39 is 0 Å². The van der Waals surface area contributed by atoms with Crippen molar-refractivity contribution in [1.29, 1.82) is 0 Å². The largest absolute Gasteiger partial charge is 0.327 e. The molecule has 0 aromatic heterocycles. The molecule has 1 fully saturated rings. The summed E-state index contributed by atoms with van der Waals surface area (Å²) in [6.07, 6.45) is 0.972. The van der Waals surface area contributed by atoms with Crippen molar-refractivity contribution in [3.05, 3.63) is 30.3 Å². The Balaban J connectivity index is 0.00000180. The highest BCUT2D eigenvalue weighted by atomic mass is 35.5. The summed E-state index contributed by atoms with van der Waals surface area (Å²) in [4.78, 5) is 14.1. The van der Waals surface area contributed by atoms with Gasteiger partial charge in [0.2, 0.25) is 5.91 Å². The first-order chi connectivity index (χ1) is 8.65. The molecular weight excluding hydrogens is 262 g/mol. The first kappa shape index (κ1) is 16.0. The van der Waals surface area contributed by atoms with E-state index >= 15 is 0 Å². The average molecular weight is 284 g/mol. The highest BCUT2D eigenvalue weighted by molar-refractivity contribution is 5.92. The molecule has 4 nitrogen and oxygen atoms in total. The Kier molecular flexibility index (Phi) is 6.28. The number of rotatable bonds is 3. The van der Waals surface area contributed by atoms with Gasteiger partial charge in [-0.3, -0.25) is 9.69 Å². The lowest BCUT2D eigenvalue weighted by molar-refractivity contribution is -0.117. The van der Waals surface area contributed by atoms with E-state index in [0.717, 1.165) is 25.2 Å². The maximum atomic E-state index is 11.9. The van der Waals surface area contributed by atoms with Gasteiger partial charge in [0, 0.05) is 24.8 Å². The maximum absolute atomic E-state index is 11.9. The summed E-state index contributed by atoms with van der Waals surface area (Å²) in [5.41, 5.74) is 6.82. The van der Waals surface area contributed by atoms with Crippen LogP contribution >= 0.6 is 12.4 Å². The zero-order valence-electron chi connectivity index (χ0n) is 11.2. The van der Waals surface area contributed by atoms with Crippen LogP contribution in [0, 0.1) is 5.92 Å². The van der Waals surface area contributed by atoms with E-state index in [1.54, 1.807) is 0 Å². The van der Waals surface area contributed by atoms with Crippen molar-refractivity contribution in [2.45, 2.75) is 19.4 Å². The molecule has 19 heavy (non-hydrogen) atoms. The number of hydrogen-bond acceptors (Lipinski definition) is 3. The number of carbonyl (C=O) groups is 1. The van der Waals surface area contributed by atoms with Gasteiger partial charge in [-0.05, 0) is 24.5 Å². The van der Waals surface area contributed by atoms with Gasteiger partial charge in [0.05, 0.1) is 6.54 Å². The van der Waals surface area contributed by atoms with Crippen molar-refractivity contribution in [2.24, 2.45) is 11.7 Å². The number of likely N-dealkylation sites (tertiary alicyclic amines) is 1. The van der Waals surface area contributed by atoms with Crippen molar-refractivity contribution in [1.82, 2.24) is 4.90 Å². The van der Waals surface area contributed by atoms with Crippen LogP contribution < -0.4 is 11.1 Å². The fourth-order valence-corrected chi connectivity index (χ4v) is 2.32. The second kappa shape index (κ2) is 7.48. The Hall–Kier alpha value is -1.10. The molecule has 1 saturated heterocycles. The highest BCUT2D eigenvalue weighted by Crippen LogP contribution is 2.14. The maximum Gasteiger partial charge on any atom is 0.238 e. The van der Waals surface area contributed by atoms with Gasteiger partial charge in [0.25, 0.3) is 0 Å². The van der Waals surface area contributed by atoms with Gasteiger partial charge in [0.15, 0.2) is 0 Å². The number of benzene rings is 1. The number of nitrogens with one attached hydrogen (secondary N) is 1. The molecule has 3 N–H and O–H groups in total. The van der Waals surface area contributed by atoms with Gasteiger partial charge >= 0.3 is 0 Å². The van der Waals surface area contributed by atoms with Crippen LogP contribution in [0.4, 0.5) is 5.69 Å². The third kappa shape index (κ3) is 4.82. The summed E-state index contributed by atoms with van der Waals surface area (Å²) in [7, 11) is 0. The van der Waals surface area contributed by atoms with Gasteiger partial charge in [0.1, 0.15) is 0 Å². The Morgan fingerprint density at radius 2 is 2.11 bits per heavy atom. The third-order valence-corrected chi connectivity index (χ3v) is 3.48. The molecule has 1 aliphatic rings. The van der Waals surface area contributed by atoms with E-state index in [1.807, 2.05) is 30.3 Å². The van der Waals surface area contributed by atoms with Crippen LogP contribution in [0.5, 0.6) is 0 Å². The molecule has 0 radical (unpaired) electrons. The minimum atomic E-state index is 0. The molecule has 0 aliphatic carbocycles. The molecule has 1 aromatic rings. The molecular formula is C14H22ClN3O. The quantitative estimate of drug-likeness (QED) is 0.888. The second-order valence-electron chi connectivity index (χ2n) is 5.08. The number of halogens is 1. The Bertz CT molecular complexity index is 399. The molecule has 106 valence electrons. The van der Waals surface area contributed by atoms with Crippen molar-refractivity contribution in [2.75, 3.05) is 25.0 Å². The van der Waals surface area contributed by atoms with Crippen LogP contribution in [-0.2, 0) is 4.79 Å². The molecule has 5 heteroatoms. The van der Waals surface area contributed by atoms with Gasteiger partial charge in [-0.15, -0.1) is 12.4 Å². The van der Waals surface area contributed by atoms with Crippen molar-refractivity contribution >= 4 is 24.0 Å². The van der Waals surface area contributed by atoms with Crippen molar-refractivity contribution in [3.63, 3.8) is 0 Å². The van der Waals surface area contributed by atoms with Crippen LogP contribution in [0.15, 0.2) is 30.3 Å². The third-order valence-electron chi connectivity index (χ3n) is 3.48. The molecule has 2 atom stereocenters. The Morgan fingerprint density at radius 1 is 1.42 bits per heavy atom. The molecule has 0 saturated carbocycles. The number of piperidine rings is 1. The number of nitrogens with two attached hydrogens (primary N) is 1. The lowest BCUT2D eigenvalue weighted by Gasteiger charge is -2.34. The van der Waals surface area contributed by atoms with Crippen LogP contribution in [0.25, 0.3) is 0 Å². The Morgan fingerprint density at radius 3 is 2.74 bits per heavy atom. The molecule has 2 rings (SSSR count). The molecule has 0 spiro atoms. The van der Waals surface area contributed by atoms with Gasteiger partial charge in [-0.2, -0.15) is 0 Å². The fraction of sp³-hybridized carbons (Fsp3) is 0.500. The average Bonchev–Trinajstić information content (AvgIpc) is 2.35. The van der Waals surface area contributed by atoms with Crippen molar-refractivity contribution < 1.29 is 4.79 Å². The van der Waals surface area contributed by atoms with Crippen LogP contribution in [-0.4, -0.2) is 36.5 Å². The second-order valence-corrected chi connectivity index (χ2v) is 5.08. The lowest BCUT2D eigenvalue weighted by Crippen LogP contribution is -2.48. The van der Waals surface area contributed by atoms with E-state index in [1.165, 1.54) is 0 Å². The Labute approximate surface area is 120 Å². The topological polar surface area (TPSA) is 58.4 Å². The molecule has 2 unspecified atom stereocenters. The summed E-state index contributed by atoms with van der Waals surface area (Å²) in [5, 5.41) is 2.90. The van der Waals surface area contributed by atoms with E-state index in [-0.39, 0.29) is 24.4 Å². The number of para-hydroxylation sites is 1. The summed E-state index contributed by atoms with van der Waals surface area (Å²) in [6.45, 7) is 4.41. The summed E-state index contributed by atoms with van der Waals surface area (Å²) in [5.74, 6) is 0.507. The number of carbonyl (C=O) groups excluding carboxylic acids is 1. The summed E-state index contributed by atoms with van der Waals surface area (Å²) >= 11 is 0. The zero-order chi connectivity index (χ0) is 13.0. The van der Waals surface area contributed by atoms with Crippen LogP contribution in [0.1, 0.15) is 13.3 Å². The fourth-order valence-electron chi connectivity index (χ4n) is 2.32. The number of hydrogen-bond donors (Lipinski definition) is 2. The highest BCUT2D eigenvalue weighted by Gasteiger charge is 2.24. The number of amides is 1. The molecule has 1 heterocycles. The minimum absolute atomic E-state index is 0. The minimum Gasteiger partial charge on any atom is -0.327 e.